The third-order valence-electron chi connectivity index (χ3n) is 3.14. The minimum atomic E-state index is -0.0383. The van der Waals surface area contributed by atoms with Crippen LogP contribution in [-0.2, 0) is 0 Å². The number of nitrogens with two attached hydrogens (primary N) is 1. The van der Waals surface area contributed by atoms with Gasteiger partial charge in [0.15, 0.2) is 0 Å². The first kappa shape index (κ1) is 12.8. The van der Waals surface area contributed by atoms with Gasteiger partial charge in [-0.15, -0.1) is 11.3 Å². The Morgan fingerprint density at radius 1 is 1.12 bits per heavy atom. The molecule has 0 amide bonds. The summed E-state index contributed by atoms with van der Waals surface area (Å²) >= 11 is 5.25. The summed E-state index contributed by atoms with van der Waals surface area (Å²) in [6.45, 7) is 6.40. The van der Waals surface area contributed by atoms with Gasteiger partial charge in [0.1, 0.15) is 0 Å². The Labute approximate surface area is 115 Å². The highest BCUT2D eigenvalue weighted by molar-refractivity contribution is 9.10. The molecule has 0 aliphatic heterocycles. The summed E-state index contributed by atoms with van der Waals surface area (Å²) in [7, 11) is 0. The van der Waals surface area contributed by atoms with Crippen molar-refractivity contribution in [3.63, 3.8) is 0 Å². The van der Waals surface area contributed by atoms with Crippen LogP contribution in [-0.4, -0.2) is 0 Å². The van der Waals surface area contributed by atoms with Gasteiger partial charge in [-0.05, 0) is 70.4 Å². The molecule has 1 aromatic heterocycles. The monoisotopic (exact) mass is 309 g/mol. The molecule has 3 heteroatoms. The minimum Gasteiger partial charge on any atom is -0.320 e. The van der Waals surface area contributed by atoms with Crippen LogP contribution in [0.3, 0.4) is 0 Å². The lowest BCUT2D eigenvalue weighted by Gasteiger charge is -2.16. The highest BCUT2D eigenvalue weighted by Crippen LogP contribution is 2.33. The van der Waals surface area contributed by atoms with Gasteiger partial charge in [-0.2, -0.15) is 0 Å². The summed E-state index contributed by atoms with van der Waals surface area (Å²) in [5, 5.41) is 2.07. The van der Waals surface area contributed by atoms with Crippen LogP contribution in [0.25, 0.3) is 0 Å². The topological polar surface area (TPSA) is 26.0 Å². The van der Waals surface area contributed by atoms with Crippen molar-refractivity contribution in [1.82, 2.24) is 0 Å². The fourth-order valence-electron chi connectivity index (χ4n) is 1.99. The first-order valence-electron chi connectivity index (χ1n) is 5.57. The molecular formula is C14H16BrNS. The van der Waals surface area contributed by atoms with Crippen molar-refractivity contribution in [3.8, 4) is 0 Å². The Balaban J connectivity index is 2.48. The zero-order chi connectivity index (χ0) is 12.6. The van der Waals surface area contributed by atoms with E-state index in [0.717, 1.165) is 4.47 Å². The van der Waals surface area contributed by atoms with Gasteiger partial charge in [0.05, 0.1) is 6.04 Å². The van der Waals surface area contributed by atoms with E-state index in [9.17, 15) is 0 Å². The van der Waals surface area contributed by atoms with E-state index in [1.807, 2.05) is 0 Å². The second-order valence-electron chi connectivity index (χ2n) is 4.40. The highest BCUT2D eigenvalue weighted by atomic mass is 79.9. The van der Waals surface area contributed by atoms with Gasteiger partial charge in [0, 0.05) is 9.35 Å². The fourth-order valence-corrected chi connectivity index (χ4v) is 3.63. The molecule has 1 unspecified atom stereocenters. The van der Waals surface area contributed by atoms with Crippen LogP contribution in [0.2, 0.25) is 0 Å². The smallest absolute Gasteiger partial charge is 0.0660 e. The number of hydrogen-bond acceptors (Lipinski definition) is 2. The summed E-state index contributed by atoms with van der Waals surface area (Å²) in [6.07, 6.45) is 0. The number of thiophene rings is 1. The number of benzene rings is 1. The van der Waals surface area contributed by atoms with Gasteiger partial charge in [-0.1, -0.05) is 12.1 Å². The molecule has 0 saturated heterocycles. The van der Waals surface area contributed by atoms with Crippen molar-refractivity contribution >= 4 is 27.3 Å². The van der Waals surface area contributed by atoms with Crippen LogP contribution in [0.1, 0.15) is 33.2 Å². The number of halogens is 1. The van der Waals surface area contributed by atoms with Crippen LogP contribution >= 0.6 is 27.3 Å². The highest BCUT2D eigenvalue weighted by Gasteiger charge is 2.16. The normalized spacial score (nSPS) is 12.8. The minimum absolute atomic E-state index is 0.0383. The molecule has 1 aromatic carbocycles. The molecule has 2 rings (SSSR count). The number of rotatable bonds is 2. The molecule has 90 valence electrons. The molecule has 0 saturated carbocycles. The third kappa shape index (κ3) is 2.46. The van der Waals surface area contributed by atoms with Crippen LogP contribution in [0.5, 0.6) is 0 Å². The largest absolute Gasteiger partial charge is 0.320 e. The van der Waals surface area contributed by atoms with Gasteiger partial charge in [0.25, 0.3) is 0 Å². The van der Waals surface area contributed by atoms with Gasteiger partial charge in [-0.25, -0.2) is 0 Å². The molecule has 1 atom stereocenters. The van der Waals surface area contributed by atoms with Crippen molar-refractivity contribution in [2.24, 2.45) is 5.73 Å². The van der Waals surface area contributed by atoms with Crippen LogP contribution in [0.15, 0.2) is 28.1 Å². The van der Waals surface area contributed by atoms with Gasteiger partial charge >= 0.3 is 0 Å². The lowest BCUT2D eigenvalue weighted by molar-refractivity contribution is 0.874. The Hall–Kier alpha value is -0.640. The molecule has 17 heavy (non-hydrogen) atoms. The quantitative estimate of drug-likeness (QED) is 0.869. The second kappa shape index (κ2) is 4.92. The lowest BCUT2D eigenvalue weighted by Crippen LogP contribution is -2.12. The maximum absolute atomic E-state index is 6.36. The summed E-state index contributed by atoms with van der Waals surface area (Å²) in [5.41, 5.74) is 11.5. The van der Waals surface area contributed by atoms with E-state index in [4.69, 9.17) is 5.73 Å². The molecule has 0 fully saturated rings. The summed E-state index contributed by atoms with van der Waals surface area (Å²) < 4.78 is 1.10. The molecule has 0 spiro atoms. The van der Waals surface area contributed by atoms with E-state index in [0.29, 0.717) is 0 Å². The van der Waals surface area contributed by atoms with Crippen molar-refractivity contribution < 1.29 is 0 Å². The predicted molar refractivity (Wildman–Crippen MR) is 78.7 cm³/mol. The summed E-state index contributed by atoms with van der Waals surface area (Å²) in [5.74, 6) is 0. The third-order valence-corrected chi connectivity index (χ3v) is 5.10. The van der Waals surface area contributed by atoms with E-state index < -0.39 is 0 Å². The van der Waals surface area contributed by atoms with Gasteiger partial charge in [-0.3, -0.25) is 0 Å². The van der Waals surface area contributed by atoms with E-state index in [-0.39, 0.29) is 6.04 Å². The van der Waals surface area contributed by atoms with Crippen molar-refractivity contribution in [2.75, 3.05) is 0 Å². The Morgan fingerprint density at radius 2 is 1.76 bits per heavy atom. The fraction of sp³-hybridized carbons (Fsp3) is 0.286. The molecule has 1 heterocycles. The summed E-state index contributed by atoms with van der Waals surface area (Å²) in [6, 6.07) is 6.44. The van der Waals surface area contributed by atoms with Crippen molar-refractivity contribution in [2.45, 2.75) is 26.8 Å². The molecular weight excluding hydrogens is 294 g/mol. The van der Waals surface area contributed by atoms with Gasteiger partial charge < -0.3 is 5.73 Å². The van der Waals surface area contributed by atoms with E-state index in [1.54, 1.807) is 11.3 Å². The average molecular weight is 310 g/mol. The van der Waals surface area contributed by atoms with Crippen molar-refractivity contribution in [3.05, 3.63) is 55.2 Å². The maximum atomic E-state index is 6.36. The molecule has 0 aliphatic rings. The van der Waals surface area contributed by atoms with Crippen LogP contribution < -0.4 is 5.73 Å². The van der Waals surface area contributed by atoms with Crippen LogP contribution in [0.4, 0.5) is 0 Å². The second-order valence-corrected chi connectivity index (χ2v) is 6.21. The van der Waals surface area contributed by atoms with Gasteiger partial charge in [0.2, 0.25) is 0 Å². The number of hydrogen-bond donors (Lipinski definition) is 1. The Kier molecular flexibility index (Phi) is 3.71. The molecule has 2 aromatic rings. The average Bonchev–Trinajstić information content (AvgIpc) is 2.69. The Bertz CT molecular complexity index is 545. The first-order chi connectivity index (χ1) is 8.00. The Morgan fingerprint density at radius 3 is 2.35 bits per heavy atom. The maximum Gasteiger partial charge on any atom is 0.0660 e. The molecule has 2 N–H and O–H groups in total. The van der Waals surface area contributed by atoms with E-state index in [1.165, 1.54) is 27.1 Å². The zero-order valence-corrected chi connectivity index (χ0v) is 12.7. The van der Waals surface area contributed by atoms with Crippen molar-refractivity contribution in [1.29, 1.82) is 0 Å². The lowest BCUT2D eigenvalue weighted by atomic mass is 9.95. The molecule has 0 bridgehead atoms. The van der Waals surface area contributed by atoms with E-state index in [2.05, 4.69) is 60.3 Å². The van der Waals surface area contributed by atoms with E-state index >= 15 is 0 Å². The molecule has 1 nitrogen and oxygen atoms in total. The molecule has 0 radical (unpaired) electrons. The van der Waals surface area contributed by atoms with Crippen LogP contribution in [0, 0.1) is 20.8 Å². The summed E-state index contributed by atoms with van der Waals surface area (Å²) in [4.78, 5) is 1.19. The molecule has 0 aliphatic carbocycles. The predicted octanol–water partition coefficient (Wildman–Crippen LogP) is 4.48. The first-order valence-corrected chi connectivity index (χ1v) is 7.24. The zero-order valence-electron chi connectivity index (χ0n) is 10.3. The number of aryl methyl sites for hydroxylation is 3. The SMILES string of the molecule is Cc1cc(C)c(C(N)c2sccc2Br)cc1C. The standard InChI is InChI=1S/C14H16BrNS/c1-8-6-10(3)11(7-9(8)2)13(16)14-12(15)4-5-17-14/h4-7,13H,16H2,1-3H3.